The fraction of sp³-hybridized carbons (Fsp3) is 0.643. The van der Waals surface area contributed by atoms with Gasteiger partial charge in [0, 0.05) is 19.1 Å². The van der Waals surface area contributed by atoms with E-state index >= 15 is 0 Å². The fourth-order valence-corrected chi connectivity index (χ4v) is 2.61. The van der Waals surface area contributed by atoms with Gasteiger partial charge in [0.1, 0.15) is 11.6 Å². The van der Waals surface area contributed by atoms with Crippen molar-refractivity contribution < 1.29 is 4.39 Å². The molecule has 0 bridgehead atoms. The molecule has 2 fully saturated rings. The van der Waals surface area contributed by atoms with Crippen molar-refractivity contribution in [1.82, 2.24) is 10.3 Å². The van der Waals surface area contributed by atoms with E-state index in [1.807, 2.05) is 0 Å². The summed E-state index contributed by atoms with van der Waals surface area (Å²) in [5.74, 6) is 1.47. The molecule has 3 nitrogen and oxygen atoms in total. The largest absolute Gasteiger partial charge is 0.355 e. The third-order valence-corrected chi connectivity index (χ3v) is 3.81. The smallest absolute Gasteiger partial charge is 0.141 e. The van der Waals surface area contributed by atoms with E-state index in [1.165, 1.54) is 37.9 Å². The van der Waals surface area contributed by atoms with Gasteiger partial charge in [-0.1, -0.05) is 0 Å². The van der Waals surface area contributed by atoms with Crippen LogP contribution in [0.25, 0.3) is 0 Å². The van der Waals surface area contributed by atoms with Crippen LogP contribution in [0.2, 0.25) is 0 Å². The monoisotopic (exact) mass is 249 g/mol. The number of halogens is 1. The highest BCUT2D eigenvalue weighted by Gasteiger charge is 2.27. The van der Waals surface area contributed by atoms with Gasteiger partial charge in [-0.3, -0.25) is 0 Å². The average molecular weight is 249 g/mol. The summed E-state index contributed by atoms with van der Waals surface area (Å²) in [5.41, 5.74) is 0. The predicted octanol–water partition coefficient (Wildman–Crippen LogP) is 2.19. The summed E-state index contributed by atoms with van der Waals surface area (Å²) in [6, 6.07) is 3.87. The Balaban J connectivity index is 1.68. The first-order valence-corrected chi connectivity index (χ1v) is 6.91. The molecule has 4 heteroatoms. The highest BCUT2D eigenvalue weighted by Crippen LogP contribution is 2.31. The van der Waals surface area contributed by atoms with Crippen LogP contribution in [0.5, 0.6) is 0 Å². The maximum absolute atomic E-state index is 12.9. The molecule has 18 heavy (non-hydrogen) atoms. The zero-order valence-corrected chi connectivity index (χ0v) is 10.6. The van der Waals surface area contributed by atoms with Crippen molar-refractivity contribution in [1.29, 1.82) is 0 Å². The van der Waals surface area contributed by atoms with Crippen LogP contribution in [-0.2, 0) is 0 Å². The quantitative estimate of drug-likeness (QED) is 0.867. The Hall–Kier alpha value is -1.16. The van der Waals surface area contributed by atoms with Gasteiger partial charge >= 0.3 is 0 Å². The highest BCUT2D eigenvalue weighted by atomic mass is 19.1. The summed E-state index contributed by atoms with van der Waals surface area (Å²) in [5, 5.41) is 3.52. The average Bonchev–Trinajstić information content (AvgIpc) is 3.04. The van der Waals surface area contributed by atoms with Crippen molar-refractivity contribution in [2.24, 2.45) is 5.92 Å². The lowest BCUT2D eigenvalue weighted by molar-refractivity contribution is 0.565. The van der Waals surface area contributed by atoms with E-state index < -0.39 is 0 Å². The molecule has 1 saturated carbocycles. The number of nitrogens with zero attached hydrogens (tertiary/aromatic N) is 2. The number of nitrogens with one attached hydrogen (secondary N) is 1. The molecule has 0 radical (unpaired) electrons. The van der Waals surface area contributed by atoms with Gasteiger partial charge < -0.3 is 10.2 Å². The first-order valence-electron chi connectivity index (χ1n) is 6.91. The van der Waals surface area contributed by atoms with Crippen molar-refractivity contribution in [3.63, 3.8) is 0 Å². The van der Waals surface area contributed by atoms with Crippen LogP contribution in [0.1, 0.15) is 25.7 Å². The lowest BCUT2D eigenvalue weighted by atomic mass is 10.2. The number of hydrogen-bond acceptors (Lipinski definition) is 3. The topological polar surface area (TPSA) is 28.2 Å². The Morgan fingerprint density at radius 1 is 1.28 bits per heavy atom. The molecule has 0 aromatic carbocycles. The number of rotatable bonds is 5. The van der Waals surface area contributed by atoms with E-state index in [0.717, 1.165) is 31.4 Å². The minimum absolute atomic E-state index is 0.260. The SMILES string of the molecule is Fc1ccc(N(CC2CC2)CC2CCCN2)nc1. The van der Waals surface area contributed by atoms with Crippen LogP contribution in [-0.4, -0.2) is 30.7 Å². The molecule has 1 aliphatic heterocycles. The maximum Gasteiger partial charge on any atom is 0.141 e. The van der Waals surface area contributed by atoms with E-state index in [9.17, 15) is 4.39 Å². The molecule has 0 spiro atoms. The van der Waals surface area contributed by atoms with Gasteiger partial charge in [-0.2, -0.15) is 0 Å². The molecule has 1 aromatic rings. The zero-order valence-electron chi connectivity index (χ0n) is 10.6. The van der Waals surface area contributed by atoms with Gasteiger partial charge in [0.2, 0.25) is 0 Å². The van der Waals surface area contributed by atoms with Gasteiger partial charge in [-0.25, -0.2) is 9.37 Å². The molecule has 2 heterocycles. The van der Waals surface area contributed by atoms with Gasteiger partial charge in [-0.15, -0.1) is 0 Å². The molecule has 1 aliphatic carbocycles. The minimum Gasteiger partial charge on any atom is -0.355 e. The van der Waals surface area contributed by atoms with Crippen molar-refractivity contribution in [2.45, 2.75) is 31.7 Å². The second-order valence-corrected chi connectivity index (χ2v) is 5.48. The second-order valence-electron chi connectivity index (χ2n) is 5.48. The zero-order chi connectivity index (χ0) is 12.4. The fourth-order valence-electron chi connectivity index (χ4n) is 2.61. The summed E-state index contributed by atoms with van der Waals surface area (Å²) < 4.78 is 12.9. The molecule has 2 aliphatic rings. The summed E-state index contributed by atoms with van der Waals surface area (Å²) in [6.07, 6.45) is 6.48. The van der Waals surface area contributed by atoms with Crippen molar-refractivity contribution in [3.05, 3.63) is 24.1 Å². The minimum atomic E-state index is -0.260. The Labute approximate surface area is 107 Å². The van der Waals surface area contributed by atoms with E-state index in [2.05, 4.69) is 15.2 Å². The van der Waals surface area contributed by atoms with Crippen molar-refractivity contribution >= 4 is 5.82 Å². The normalized spacial score (nSPS) is 23.3. The van der Waals surface area contributed by atoms with Crippen molar-refractivity contribution in [3.8, 4) is 0 Å². The van der Waals surface area contributed by atoms with Gasteiger partial charge in [0.25, 0.3) is 0 Å². The molecule has 1 unspecified atom stereocenters. The first kappa shape index (κ1) is 11.9. The molecular weight excluding hydrogens is 229 g/mol. The summed E-state index contributed by atoms with van der Waals surface area (Å²) >= 11 is 0. The van der Waals surface area contributed by atoms with E-state index in [4.69, 9.17) is 0 Å². The number of anilines is 1. The second kappa shape index (κ2) is 5.22. The highest BCUT2D eigenvalue weighted by molar-refractivity contribution is 5.38. The Morgan fingerprint density at radius 3 is 2.78 bits per heavy atom. The number of pyridine rings is 1. The molecule has 3 rings (SSSR count). The van der Waals surface area contributed by atoms with Crippen LogP contribution in [0.15, 0.2) is 18.3 Å². The summed E-state index contributed by atoms with van der Waals surface area (Å²) in [4.78, 5) is 6.54. The third kappa shape index (κ3) is 2.99. The predicted molar refractivity (Wildman–Crippen MR) is 70.2 cm³/mol. The van der Waals surface area contributed by atoms with Crippen LogP contribution in [0, 0.1) is 11.7 Å². The number of aromatic nitrogens is 1. The Morgan fingerprint density at radius 2 is 2.17 bits per heavy atom. The van der Waals surface area contributed by atoms with E-state index in [0.29, 0.717) is 6.04 Å². The molecule has 1 saturated heterocycles. The lowest BCUT2D eigenvalue weighted by Gasteiger charge is -2.26. The van der Waals surface area contributed by atoms with Gasteiger partial charge in [0.15, 0.2) is 0 Å². The van der Waals surface area contributed by atoms with Crippen LogP contribution < -0.4 is 10.2 Å². The third-order valence-electron chi connectivity index (χ3n) is 3.81. The molecule has 1 aromatic heterocycles. The molecule has 0 amide bonds. The Bertz CT molecular complexity index is 383. The van der Waals surface area contributed by atoms with E-state index in [-0.39, 0.29) is 5.82 Å². The van der Waals surface area contributed by atoms with Crippen LogP contribution in [0.3, 0.4) is 0 Å². The standard InChI is InChI=1S/C14H20FN3/c15-12-5-6-14(17-8-12)18(9-11-3-4-11)10-13-2-1-7-16-13/h5-6,8,11,13,16H,1-4,7,9-10H2. The maximum atomic E-state index is 12.9. The summed E-state index contributed by atoms with van der Waals surface area (Å²) in [6.45, 7) is 3.19. The number of hydrogen-bond donors (Lipinski definition) is 1. The molecule has 1 atom stereocenters. The Kier molecular flexibility index (Phi) is 3.46. The van der Waals surface area contributed by atoms with Gasteiger partial charge in [0.05, 0.1) is 6.20 Å². The molecule has 98 valence electrons. The van der Waals surface area contributed by atoms with E-state index in [1.54, 1.807) is 6.07 Å². The lowest BCUT2D eigenvalue weighted by Crippen LogP contribution is -2.39. The van der Waals surface area contributed by atoms with Gasteiger partial charge in [-0.05, 0) is 50.3 Å². The van der Waals surface area contributed by atoms with Crippen LogP contribution in [0.4, 0.5) is 10.2 Å². The van der Waals surface area contributed by atoms with Crippen LogP contribution >= 0.6 is 0 Å². The first-order chi connectivity index (χ1) is 8.81. The van der Waals surface area contributed by atoms with Crippen molar-refractivity contribution in [2.75, 3.05) is 24.5 Å². The molecular formula is C14H20FN3. The molecule has 1 N–H and O–H groups in total. The summed E-state index contributed by atoms with van der Waals surface area (Å²) in [7, 11) is 0.